The molecule has 0 fully saturated rings. The van der Waals surface area contributed by atoms with E-state index in [1.807, 2.05) is 12.1 Å². The van der Waals surface area contributed by atoms with Gasteiger partial charge in [0.2, 0.25) is 0 Å². The summed E-state index contributed by atoms with van der Waals surface area (Å²) in [6.45, 7) is 3.80. The van der Waals surface area contributed by atoms with Gasteiger partial charge in [-0.1, -0.05) is 6.07 Å². The number of hydrogen-bond donors (Lipinski definition) is 2. The van der Waals surface area contributed by atoms with Crippen LogP contribution in [0.25, 0.3) is 0 Å². The average molecular weight is 253 g/mol. The highest BCUT2D eigenvalue weighted by Gasteiger charge is 2.14. The lowest BCUT2D eigenvalue weighted by molar-refractivity contribution is -0.144. The van der Waals surface area contributed by atoms with Crippen molar-refractivity contribution in [1.82, 2.24) is 10.3 Å². The van der Waals surface area contributed by atoms with Crippen LogP contribution >= 0.6 is 12.2 Å². The van der Waals surface area contributed by atoms with Gasteiger partial charge in [0, 0.05) is 6.20 Å². The number of carbonyl (C=O) groups is 1. The normalized spacial score (nSPS) is 11.4. The van der Waals surface area contributed by atoms with Gasteiger partial charge in [-0.05, 0) is 38.2 Å². The van der Waals surface area contributed by atoms with E-state index in [4.69, 9.17) is 17.0 Å². The van der Waals surface area contributed by atoms with Gasteiger partial charge < -0.3 is 15.4 Å². The quantitative estimate of drug-likeness (QED) is 0.623. The molecule has 0 aliphatic rings. The third-order valence-electron chi connectivity index (χ3n) is 1.89. The van der Waals surface area contributed by atoms with E-state index in [1.54, 1.807) is 26.1 Å². The summed E-state index contributed by atoms with van der Waals surface area (Å²) in [6, 6.07) is 4.94. The van der Waals surface area contributed by atoms with Crippen molar-refractivity contribution in [3.63, 3.8) is 0 Å². The molecule has 1 rings (SSSR count). The zero-order valence-electron chi connectivity index (χ0n) is 9.77. The predicted molar refractivity (Wildman–Crippen MR) is 69.7 cm³/mol. The lowest BCUT2D eigenvalue weighted by atomic mass is 10.3. The SMILES string of the molecule is CCOC(=O)[C@H](C)NC(=S)Nc1ccccn1. The number of carbonyl (C=O) groups excluding carboxylic acids is 1. The van der Waals surface area contributed by atoms with Gasteiger partial charge in [-0.2, -0.15) is 0 Å². The predicted octanol–water partition coefficient (Wildman–Crippen LogP) is 1.32. The number of anilines is 1. The summed E-state index contributed by atoms with van der Waals surface area (Å²) in [5.74, 6) is 0.290. The Balaban J connectivity index is 2.42. The van der Waals surface area contributed by atoms with Crippen molar-refractivity contribution in [3.05, 3.63) is 24.4 Å². The molecule has 0 radical (unpaired) electrons. The minimum atomic E-state index is -0.487. The van der Waals surface area contributed by atoms with Gasteiger partial charge in [0.25, 0.3) is 0 Å². The first-order valence-electron chi connectivity index (χ1n) is 5.28. The van der Waals surface area contributed by atoms with Gasteiger partial charge in [-0.3, -0.25) is 0 Å². The highest BCUT2D eigenvalue weighted by molar-refractivity contribution is 7.80. The number of esters is 1. The molecule has 0 aromatic carbocycles. The largest absolute Gasteiger partial charge is 0.464 e. The van der Waals surface area contributed by atoms with Crippen molar-refractivity contribution < 1.29 is 9.53 Å². The van der Waals surface area contributed by atoms with Gasteiger partial charge in [0.15, 0.2) is 5.11 Å². The topological polar surface area (TPSA) is 63.2 Å². The van der Waals surface area contributed by atoms with E-state index in [9.17, 15) is 4.79 Å². The van der Waals surface area contributed by atoms with E-state index in [-0.39, 0.29) is 5.97 Å². The Morgan fingerprint density at radius 3 is 2.94 bits per heavy atom. The Morgan fingerprint density at radius 2 is 2.35 bits per heavy atom. The third-order valence-corrected chi connectivity index (χ3v) is 2.11. The summed E-state index contributed by atoms with van der Waals surface area (Å²) >= 11 is 5.05. The molecule has 1 atom stereocenters. The van der Waals surface area contributed by atoms with Gasteiger partial charge in [-0.15, -0.1) is 0 Å². The third kappa shape index (κ3) is 4.78. The Kier molecular flexibility index (Phi) is 5.35. The fourth-order valence-electron chi connectivity index (χ4n) is 1.11. The molecule has 1 aromatic heterocycles. The molecule has 6 heteroatoms. The van der Waals surface area contributed by atoms with Crippen molar-refractivity contribution in [2.75, 3.05) is 11.9 Å². The number of rotatable bonds is 4. The van der Waals surface area contributed by atoms with Gasteiger partial charge in [-0.25, -0.2) is 9.78 Å². The van der Waals surface area contributed by atoms with Crippen molar-refractivity contribution in [2.45, 2.75) is 19.9 Å². The number of nitrogens with one attached hydrogen (secondary N) is 2. The van der Waals surface area contributed by atoms with Crippen LogP contribution < -0.4 is 10.6 Å². The fourth-order valence-corrected chi connectivity index (χ4v) is 1.39. The molecule has 1 aromatic rings. The molecule has 92 valence electrons. The van der Waals surface area contributed by atoms with Crippen LogP contribution in [0, 0.1) is 0 Å². The highest BCUT2D eigenvalue weighted by Crippen LogP contribution is 1.99. The molecule has 0 bridgehead atoms. The molecule has 5 nitrogen and oxygen atoms in total. The number of pyridine rings is 1. The van der Waals surface area contributed by atoms with Gasteiger partial charge in [0.05, 0.1) is 6.61 Å². The molecule has 0 saturated carbocycles. The maximum absolute atomic E-state index is 11.3. The van der Waals surface area contributed by atoms with Gasteiger partial charge >= 0.3 is 5.97 Å². The standard InChI is InChI=1S/C11H15N3O2S/c1-3-16-10(15)8(2)13-11(17)14-9-6-4-5-7-12-9/h4-8H,3H2,1-2H3,(H2,12,13,14,17)/t8-/m0/s1. The molecule has 0 aliphatic carbocycles. The Labute approximate surface area is 106 Å². The molecular weight excluding hydrogens is 238 g/mol. The Bertz CT molecular complexity index is 384. The second kappa shape index (κ2) is 6.80. The van der Waals surface area contributed by atoms with Crippen LogP contribution in [-0.2, 0) is 9.53 Å². The van der Waals surface area contributed by atoms with E-state index in [0.29, 0.717) is 17.5 Å². The van der Waals surface area contributed by atoms with Crippen LogP contribution in [0.2, 0.25) is 0 Å². The maximum atomic E-state index is 11.3. The van der Waals surface area contributed by atoms with Crippen LogP contribution in [0.4, 0.5) is 5.82 Å². The van der Waals surface area contributed by atoms with Crippen LogP contribution in [0.15, 0.2) is 24.4 Å². The van der Waals surface area contributed by atoms with Crippen LogP contribution in [0.5, 0.6) is 0 Å². The lowest BCUT2D eigenvalue weighted by Gasteiger charge is -2.15. The van der Waals surface area contributed by atoms with E-state index < -0.39 is 6.04 Å². The molecular formula is C11H15N3O2S. The van der Waals surface area contributed by atoms with Crippen molar-refractivity contribution in [3.8, 4) is 0 Å². The number of nitrogens with zero attached hydrogens (tertiary/aromatic N) is 1. The van der Waals surface area contributed by atoms with Crippen LogP contribution in [0.1, 0.15) is 13.8 Å². The molecule has 0 unspecified atom stereocenters. The monoisotopic (exact) mass is 253 g/mol. The molecule has 1 heterocycles. The van der Waals surface area contributed by atoms with Crippen molar-refractivity contribution >= 4 is 29.1 Å². The smallest absolute Gasteiger partial charge is 0.328 e. The first-order valence-corrected chi connectivity index (χ1v) is 5.69. The van der Waals surface area contributed by atoms with Crippen LogP contribution in [-0.4, -0.2) is 28.7 Å². The zero-order valence-corrected chi connectivity index (χ0v) is 10.6. The number of aromatic nitrogens is 1. The zero-order chi connectivity index (χ0) is 12.7. The van der Waals surface area contributed by atoms with Crippen LogP contribution in [0.3, 0.4) is 0 Å². The number of ether oxygens (including phenoxy) is 1. The average Bonchev–Trinajstić information content (AvgIpc) is 2.30. The summed E-state index contributed by atoms with van der Waals surface area (Å²) in [5, 5.41) is 6.03. The Hall–Kier alpha value is -1.69. The maximum Gasteiger partial charge on any atom is 0.328 e. The molecule has 0 saturated heterocycles. The van der Waals surface area contributed by atoms with E-state index >= 15 is 0 Å². The molecule has 2 N–H and O–H groups in total. The highest BCUT2D eigenvalue weighted by atomic mass is 32.1. The number of hydrogen-bond acceptors (Lipinski definition) is 4. The van der Waals surface area contributed by atoms with E-state index in [2.05, 4.69) is 15.6 Å². The first-order chi connectivity index (χ1) is 8.13. The minimum Gasteiger partial charge on any atom is -0.464 e. The summed E-state index contributed by atoms with van der Waals surface area (Å²) in [6.07, 6.45) is 1.65. The number of thiocarbonyl (C=S) groups is 1. The van der Waals surface area contributed by atoms with E-state index in [1.165, 1.54) is 0 Å². The Morgan fingerprint density at radius 1 is 1.59 bits per heavy atom. The lowest BCUT2D eigenvalue weighted by Crippen LogP contribution is -2.41. The second-order valence-electron chi connectivity index (χ2n) is 3.29. The molecule has 0 aliphatic heterocycles. The first kappa shape index (κ1) is 13.4. The molecule has 0 amide bonds. The van der Waals surface area contributed by atoms with E-state index in [0.717, 1.165) is 0 Å². The van der Waals surface area contributed by atoms with Gasteiger partial charge in [0.1, 0.15) is 11.9 Å². The second-order valence-corrected chi connectivity index (χ2v) is 3.70. The molecule has 0 spiro atoms. The summed E-state index contributed by atoms with van der Waals surface area (Å²) in [4.78, 5) is 15.4. The van der Waals surface area contributed by atoms with Crippen molar-refractivity contribution in [2.24, 2.45) is 0 Å². The van der Waals surface area contributed by atoms with Crippen molar-refractivity contribution in [1.29, 1.82) is 0 Å². The summed E-state index contributed by atoms with van der Waals surface area (Å²) in [7, 11) is 0. The fraction of sp³-hybridized carbons (Fsp3) is 0.364. The summed E-state index contributed by atoms with van der Waals surface area (Å²) in [5.41, 5.74) is 0. The molecule has 17 heavy (non-hydrogen) atoms. The summed E-state index contributed by atoms with van der Waals surface area (Å²) < 4.78 is 4.85. The minimum absolute atomic E-state index is 0.335.